The maximum atomic E-state index is 13.6. The molecule has 0 saturated carbocycles. The summed E-state index contributed by atoms with van der Waals surface area (Å²) in [5.41, 5.74) is 1.68. The molecule has 0 radical (unpaired) electrons. The van der Waals surface area contributed by atoms with Crippen LogP contribution in [0.15, 0.2) is 46.8 Å². The maximum absolute atomic E-state index is 13.6. The van der Waals surface area contributed by atoms with Crippen LogP contribution in [0.3, 0.4) is 0 Å². The summed E-state index contributed by atoms with van der Waals surface area (Å²) in [6, 6.07) is 6.29. The van der Waals surface area contributed by atoms with Crippen molar-refractivity contribution in [2.75, 3.05) is 13.2 Å². The Kier molecular flexibility index (Phi) is 20.0. The molecule has 1 aromatic carbocycles. The first-order valence-electron chi connectivity index (χ1n) is 17.9. The molecule has 6 nitrogen and oxygen atoms in total. The number of hydrogen-bond donors (Lipinski definition) is 1. The molecule has 1 aliphatic heterocycles. The Morgan fingerprint density at radius 2 is 1.04 bits per heavy atom. The zero-order chi connectivity index (χ0) is 33.6. The zero-order valence-corrected chi connectivity index (χ0v) is 28.9. The van der Waals surface area contributed by atoms with E-state index in [4.69, 9.17) is 14.2 Å². The van der Waals surface area contributed by atoms with E-state index in [0.29, 0.717) is 11.4 Å². The van der Waals surface area contributed by atoms with Crippen LogP contribution < -0.4 is 10.1 Å². The minimum absolute atomic E-state index is 0.0986. The Hall–Kier alpha value is -2.90. The number of ether oxygens (including phenoxy) is 3. The standard InChI is InChI=1S/C38H59F2NO5/c1-5-7-9-11-13-15-17-19-23-27-44-36(42)33-29(3)41-30(4)34(35(33)31-25-21-22-26-32(31)46-38(39)40)37(43)45-28-24-20-18-16-14-12-10-8-6-2/h21-22,25-26,35,38,41H,5-20,23-24,27-28H2,1-4H3. The van der Waals surface area contributed by atoms with Gasteiger partial charge >= 0.3 is 18.6 Å². The van der Waals surface area contributed by atoms with Gasteiger partial charge in [-0.05, 0) is 32.8 Å². The van der Waals surface area contributed by atoms with E-state index in [9.17, 15) is 18.4 Å². The summed E-state index contributed by atoms with van der Waals surface area (Å²) in [6.45, 7) is 5.30. The topological polar surface area (TPSA) is 73.9 Å². The summed E-state index contributed by atoms with van der Waals surface area (Å²) >= 11 is 0. The highest BCUT2D eigenvalue weighted by Gasteiger charge is 2.39. The molecule has 0 atom stereocenters. The van der Waals surface area contributed by atoms with Gasteiger partial charge in [0.2, 0.25) is 0 Å². The van der Waals surface area contributed by atoms with Gasteiger partial charge in [-0.25, -0.2) is 9.59 Å². The fourth-order valence-electron chi connectivity index (χ4n) is 6.08. The summed E-state index contributed by atoms with van der Waals surface area (Å²) in [7, 11) is 0. The van der Waals surface area contributed by atoms with Gasteiger partial charge in [-0.1, -0.05) is 135 Å². The van der Waals surface area contributed by atoms with Gasteiger partial charge in [0.1, 0.15) is 5.75 Å². The van der Waals surface area contributed by atoms with Gasteiger partial charge in [-0.15, -0.1) is 0 Å². The van der Waals surface area contributed by atoms with Crippen LogP contribution in [-0.2, 0) is 19.1 Å². The molecule has 0 aromatic heterocycles. The second-order valence-electron chi connectivity index (χ2n) is 12.5. The summed E-state index contributed by atoms with van der Waals surface area (Å²) in [4.78, 5) is 27.2. The van der Waals surface area contributed by atoms with Crippen LogP contribution in [0.25, 0.3) is 0 Å². The molecule has 0 amide bonds. The molecule has 1 aromatic rings. The summed E-state index contributed by atoms with van der Waals surface area (Å²) in [6.07, 6.45) is 20.5. The number of hydrogen-bond acceptors (Lipinski definition) is 6. The van der Waals surface area contributed by atoms with Gasteiger partial charge in [-0.2, -0.15) is 8.78 Å². The molecule has 46 heavy (non-hydrogen) atoms. The van der Waals surface area contributed by atoms with Gasteiger partial charge in [0.15, 0.2) is 0 Å². The molecule has 0 saturated heterocycles. The van der Waals surface area contributed by atoms with E-state index in [1.165, 1.54) is 83.1 Å². The minimum Gasteiger partial charge on any atom is -0.462 e. The number of nitrogens with one attached hydrogen (secondary N) is 1. The van der Waals surface area contributed by atoms with E-state index < -0.39 is 24.5 Å². The van der Waals surface area contributed by atoms with Crippen molar-refractivity contribution in [1.29, 1.82) is 0 Å². The van der Waals surface area contributed by atoms with E-state index in [1.807, 2.05) is 0 Å². The first-order chi connectivity index (χ1) is 22.3. The van der Waals surface area contributed by atoms with Crippen molar-refractivity contribution in [2.45, 2.75) is 156 Å². The van der Waals surface area contributed by atoms with Crippen LogP contribution in [0.4, 0.5) is 8.78 Å². The molecule has 2 rings (SSSR count). The number of carbonyl (C=O) groups is 2. The highest BCUT2D eigenvalue weighted by atomic mass is 19.3. The highest BCUT2D eigenvalue weighted by Crippen LogP contribution is 2.43. The largest absolute Gasteiger partial charge is 0.462 e. The fourth-order valence-corrected chi connectivity index (χ4v) is 6.08. The smallest absolute Gasteiger partial charge is 0.387 e. The lowest BCUT2D eigenvalue weighted by atomic mass is 9.80. The first-order valence-corrected chi connectivity index (χ1v) is 17.9. The van der Waals surface area contributed by atoms with E-state index in [0.717, 1.165) is 38.5 Å². The van der Waals surface area contributed by atoms with Crippen LogP contribution in [0, 0.1) is 0 Å². The monoisotopic (exact) mass is 647 g/mol. The molecule has 0 spiro atoms. The maximum Gasteiger partial charge on any atom is 0.387 e. The van der Waals surface area contributed by atoms with Crippen LogP contribution >= 0.6 is 0 Å². The lowest BCUT2D eigenvalue weighted by Crippen LogP contribution is -2.33. The molecule has 260 valence electrons. The Bertz CT molecular complexity index is 1040. The van der Waals surface area contributed by atoms with Crippen molar-refractivity contribution in [3.05, 3.63) is 52.4 Å². The van der Waals surface area contributed by atoms with Gasteiger partial charge in [0.05, 0.1) is 30.3 Å². The number of para-hydroxylation sites is 1. The average molecular weight is 648 g/mol. The Morgan fingerprint density at radius 1 is 0.652 bits per heavy atom. The summed E-state index contributed by atoms with van der Waals surface area (Å²) in [5.74, 6) is -2.25. The van der Waals surface area contributed by atoms with E-state index in [2.05, 4.69) is 19.2 Å². The number of allylic oxidation sites excluding steroid dienone is 2. The Labute approximate surface area is 276 Å². The lowest BCUT2D eigenvalue weighted by Gasteiger charge is -2.31. The van der Waals surface area contributed by atoms with E-state index >= 15 is 0 Å². The van der Waals surface area contributed by atoms with Crippen molar-refractivity contribution in [3.63, 3.8) is 0 Å². The lowest BCUT2D eigenvalue weighted by molar-refractivity contribution is -0.140. The average Bonchev–Trinajstić information content (AvgIpc) is 3.02. The van der Waals surface area contributed by atoms with Gasteiger partial charge in [0, 0.05) is 17.0 Å². The number of halogens is 2. The molecule has 1 aliphatic rings. The van der Waals surface area contributed by atoms with Crippen LogP contribution in [0.1, 0.15) is 155 Å². The normalized spacial score (nSPS) is 13.7. The minimum atomic E-state index is -3.07. The molecular weight excluding hydrogens is 588 g/mol. The van der Waals surface area contributed by atoms with Crippen LogP contribution in [0.5, 0.6) is 5.75 Å². The second kappa shape index (κ2) is 23.4. The Morgan fingerprint density at radius 3 is 1.46 bits per heavy atom. The molecule has 1 heterocycles. The van der Waals surface area contributed by atoms with Gasteiger partial charge < -0.3 is 19.5 Å². The molecule has 1 N–H and O–H groups in total. The van der Waals surface area contributed by atoms with Crippen LogP contribution in [-0.4, -0.2) is 31.8 Å². The first kappa shape index (κ1) is 39.3. The summed E-state index contributed by atoms with van der Waals surface area (Å²) in [5, 5.41) is 3.15. The molecule has 8 heteroatoms. The fraction of sp³-hybridized carbons (Fsp3) is 0.684. The van der Waals surface area contributed by atoms with Gasteiger partial charge in [0.25, 0.3) is 0 Å². The van der Waals surface area contributed by atoms with Gasteiger partial charge in [-0.3, -0.25) is 0 Å². The third kappa shape index (κ3) is 14.3. The summed E-state index contributed by atoms with van der Waals surface area (Å²) < 4.78 is 43.2. The van der Waals surface area contributed by atoms with Crippen molar-refractivity contribution in [1.82, 2.24) is 5.32 Å². The molecule has 0 fully saturated rings. The number of benzene rings is 1. The molecule has 0 aliphatic carbocycles. The third-order valence-electron chi connectivity index (χ3n) is 8.61. The molecule has 0 bridgehead atoms. The van der Waals surface area contributed by atoms with Crippen molar-refractivity contribution >= 4 is 11.9 Å². The molecule has 0 unspecified atom stereocenters. The number of dihydropyridines is 1. The van der Waals surface area contributed by atoms with E-state index in [1.54, 1.807) is 32.0 Å². The third-order valence-corrected chi connectivity index (χ3v) is 8.61. The number of alkyl halides is 2. The van der Waals surface area contributed by atoms with Crippen LogP contribution in [0.2, 0.25) is 0 Å². The number of carbonyl (C=O) groups excluding carboxylic acids is 2. The number of esters is 2. The zero-order valence-electron chi connectivity index (χ0n) is 28.9. The number of rotatable bonds is 25. The van der Waals surface area contributed by atoms with E-state index in [-0.39, 0.29) is 35.7 Å². The predicted molar refractivity (Wildman–Crippen MR) is 181 cm³/mol. The SMILES string of the molecule is CCCCCCCCCCCOC(=O)C1=C(C)NC(C)=C(C(=O)OCCCCCCCCCCC)C1c1ccccc1OC(F)F. The number of unbranched alkanes of at least 4 members (excludes halogenated alkanes) is 16. The van der Waals surface area contributed by atoms with Crippen molar-refractivity contribution in [3.8, 4) is 5.75 Å². The van der Waals surface area contributed by atoms with Crippen molar-refractivity contribution in [2.24, 2.45) is 0 Å². The van der Waals surface area contributed by atoms with Crippen molar-refractivity contribution < 1.29 is 32.6 Å². The second-order valence-corrected chi connectivity index (χ2v) is 12.5. The predicted octanol–water partition coefficient (Wildman–Crippen LogP) is 10.7. The Balaban J connectivity index is 2.08. The molecular formula is C38H59F2NO5. The quantitative estimate of drug-likeness (QED) is 0.0841. The highest BCUT2D eigenvalue weighted by molar-refractivity contribution is 6.00.